The van der Waals surface area contributed by atoms with Gasteiger partial charge in [-0.05, 0) is 43.5 Å². The third-order valence-electron chi connectivity index (χ3n) is 4.70. The quantitative estimate of drug-likeness (QED) is 0.679. The molecule has 2 amide bonds. The SMILES string of the molecule is CCN1C(=O)c2cccc3c(NC(=O)c4ccccc4SC)ccc1c23. The molecule has 4 nitrogen and oxygen atoms in total. The normalized spacial score (nSPS) is 12.7. The molecule has 0 aliphatic carbocycles. The minimum Gasteiger partial charge on any atom is -0.321 e. The highest BCUT2D eigenvalue weighted by Gasteiger charge is 2.29. The molecule has 0 bridgehead atoms. The van der Waals surface area contributed by atoms with Crippen molar-refractivity contribution >= 4 is 45.7 Å². The highest BCUT2D eigenvalue weighted by atomic mass is 32.2. The zero-order chi connectivity index (χ0) is 18.3. The first-order chi connectivity index (χ1) is 12.7. The monoisotopic (exact) mass is 362 g/mol. The highest BCUT2D eigenvalue weighted by molar-refractivity contribution is 7.98. The lowest BCUT2D eigenvalue weighted by atomic mass is 10.0. The molecular weight excluding hydrogens is 344 g/mol. The fourth-order valence-corrected chi connectivity index (χ4v) is 4.09. The minimum atomic E-state index is -0.146. The number of rotatable bonds is 4. The molecule has 1 N–H and O–H groups in total. The van der Waals surface area contributed by atoms with Gasteiger partial charge in [0.2, 0.25) is 0 Å². The van der Waals surface area contributed by atoms with Crippen LogP contribution < -0.4 is 10.2 Å². The van der Waals surface area contributed by atoms with E-state index in [0.717, 1.165) is 27.0 Å². The Bertz CT molecular complexity index is 1050. The highest BCUT2D eigenvalue weighted by Crippen LogP contribution is 2.40. The molecule has 0 saturated carbocycles. The van der Waals surface area contributed by atoms with Gasteiger partial charge < -0.3 is 10.2 Å². The van der Waals surface area contributed by atoms with Crippen molar-refractivity contribution in [3.63, 3.8) is 0 Å². The third kappa shape index (κ3) is 2.47. The van der Waals surface area contributed by atoms with Crippen LogP contribution in [0.15, 0.2) is 59.5 Å². The average molecular weight is 362 g/mol. The summed E-state index contributed by atoms with van der Waals surface area (Å²) in [6.45, 7) is 2.58. The fraction of sp³-hybridized carbons (Fsp3) is 0.143. The second-order valence-electron chi connectivity index (χ2n) is 6.06. The molecule has 0 spiro atoms. The minimum absolute atomic E-state index is 0.0179. The van der Waals surface area contributed by atoms with Gasteiger partial charge in [-0.3, -0.25) is 9.59 Å². The van der Waals surface area contributed by atoms with E-state index in [9.17, 15) is 9.59 Å². The second kappa shape index (κ2) is 6.50. The van der Waals surface area contributed by atoms with E-state index in [1.54, 1.807) is 16.7 Å². The van der Waals surface area contributed by atoms with Crippen molar-refractivity contribution in [2.75, 3.05) is 23.0 Å². The molecule has 0 saturated heterocycles. The molecule has 0 fully saturated rings. The van der Waals surface area contributed by atoms with Crippen LogP contribution in [0.25, 0.3) is 10.8 Å². The van der Waals surface area contributed by atoms with Crippen molar-refractivity contribution in [3.05, 3.63) is 65.7 Å². The Morgan fingerprint density at radius 3 is 2.65 bits per heavy atom. The number of amides is 2. The van der Waals surface area contributed by atoms with Crippen LogP contribution in [0.4, 0.5) is 11.4 Å². The van der Waals surface area contributed by atoms with E-state index >= 15 is 0 Å². The number of hydrogen-bond acceptors (Lipinski definition) is 3. The molecule has 3 aromatic rings. The maximum atomic E-state index is 12.8. The maximum Gasteiger partial charge on any atom is 0.258 e. The van der Waals surface area contributed by atoms with Crippen molar-refractivity contribution in [1.82, 2.24) is 0 Å². The van der Waals surface area contributed by atoms with Crippen LogP contribution in [-0.4, -0.2) is 24.6 Å². The summed E-state index contributed by atoms with van der Waals surface area (Å²) < 4.78 is 0. The number of hydrogen-bond donors (Lipinski definition) is 1. The molecule has 130 valence electrons. The van der Waals surface area contributed by atoms with Crippen LogP contribution in [0.5, 0.6) is 0 Å². The number of carbonyl (C=O) groups excluding carboxylic acids is 2. The maximum absolute atomic E-state index is 12.8. The van der Waals surface area contributed by atoms with Gasteiger partial charge in [-0.25, -0.2) is 0 Å². The van der Waals surface area contributed by atoms with Crippen LogP contribution in [0.3, 0.4) is 0 Å². The Kier molecular flexibility index (Phi) is 4.17. The van der Waals surface area contributed by atoms with Gasteiger partial charge in [-0.15, -0.1) is 11.8 Å². The molecule has 4 rings (SSSR count). The van der Waals surface area contributed by atoms with Crippen LogP contribution in [0, 0.1) is 0 Å². The first-order valence-electron chi connectivity index (χ1n) is 8.47. The third-order valence-corrected chi connectivity index (χ3v) is 5.50. The fourth-order valence-electron chi connectivity index (χ4n) is 3.49. The first-order valence-corrected chi connectivity index (χ1v) is 9.70. The van der Waals surface area contributed by atoms with E-state index in [0.29, 0.717) is 17.7 Å². The summed E-state index contributed by atoms with van der Waals surface area (Å²) in [4.78, 5) is 28.1. The number of nitrogens with one attached hydrogen (secondary N) is 1. The van der Waals surface area contributed by atoms with Crippen molar-refractivity contribution < 1.29 is 9.59 Å². The van der Waals surface area contributed by atoms with E-state index < -0.39 is 0 Å². The summed E-state index contributed by atoms with van der Waals surface area (Å²) in [6, 6.07) is 17.0. The standard InChI is InChI=1S/C21H18N2O2S/c1-3-23-17-12-11-16(13-8-6-9-15(19(13)17)21(23)25)22-20(24)14-7-4-5-10-18(14)26-2/h4-12H,3H2,1-2H3,(H,22,24). The van der Waals surface area contributed by atoms with E-state index in [4.69, 9.17) is 0 Å². The summed E-state index contributed by atoms with van der Waals surface area (Å²) >= 11 is 1.54. The van der Waals surface area contributed by atoms with Crippen molar-refractivity contribution in [2.45, 2.75) is 11.8 Å². The van der Waals surface area contributed by atoms with Gasteiger partial charge in [0.1, 0.15) is 0 Å². The number of thioether (sulfide) groups is 1. The molecule has 26 heavy (non-hydrogen) atoms. The predicted octanol–water partition coefficient (Wildman–Crippen LogP) is 4.79. The molecule has 1 aliphatic heterocycles. The van der Waals surface area contributed by atoms with E-state index in [-0.39, 0.29) is 11.8 Å². The van der Waals surface area contributed by atoms with Crippen LogP contribution in [0.1, 0.15) is 27.6 Å². The molecule has 1 aliphatic rings. The van der Waals surface area contributed by atoms with E-state index in [2.05, 4.69) is 5.32 Å². The van der Waals surface area contributed by atoms with Crippen LogP contribution >= 0.6 is 11.8 Å². The lowest BCUT2D eigenvalue weighted by Crippen LogP contribution is -2.25. The zero-order valence-corrected chi connectivity index (χ0v) is 15.4. The van der Waals surface area contributed by atoms with Gasteiger partial charge in [-0.1, -0.05) is 24.3 Å². The summed E-state index contributed by atoms with van der Waals surface area (Å²) in [6.07, 6.45) is 1.95. The topological polar surface area (TPSA) is 49.4 Å². The van der Waals surface area contributed by atoms with Gasteiger partial charge in [0.25, 0.3) is 11.8 Å². The average Bonchev–Trinajstić information content (AvgIpc) is 2.96. The van der Waals surface area contributed by atoms with Gasteiger partial charge in [-0.2, -0.15) is 0 Å². The Morgan fingerprint density at radius 2 is 1.88 bits per heavy atom. The van der Waals surface area contributed by atoms with Crippen molar-refractivity contribution in [2.24, 2.45) is 0 Å². The molecule has 3 aromatic carbocycles. The summed E-state index contributed by atoms with van der Waals surface area (Å²) in [5.74, 6) is -0.128. The molecular formula is C21H18N2O2S. The lowest BCUT2D eigenvalue weighted by molar-refractivity contribution is 0.0992. The Morgan fingerprint density at radius 1 is 1.08 bits per heavy atom. The Labute approximate surface area is 156 Å². The number of carbonyl (C=O) groups is 2. The van der Waals surface area contributed by atoms with Crippen molar-refractivity contribution in [3.8, 4) is 0 Å². The van der Waals surface area contributed by atoms with E-state index in [1.165, 1.54) is 0 Å². The smallest absolute Gasteiger partial charge is 0.258 e. The lowest BCUT2D eigenvalue weighted by Gasteiger charge is -2.16. The van der Waals surface area contributed by atoms with Crippen molar-refractivity contribution in [1.29, 1.82) is 0 Å². The van der Waals surface area contributed by atoms with Gasteiger partial charge >= 0.3 is 0 Å². The van der Waals surface area contributed by atoms with Gasteiger partial charge in [0.05, 0.1) is 11.3 Å². The molecule has 0 atom stereocenters. The second-order valence-corrected chi connectivity index (χ2v) is 6.91. The molecule has 0 radical (unpaired) electrons. The van der Waals surface area contributed by atoms with E-state index in [1.807, 2.05) is 67.8 Å². The molecule has 1 heterocycles. The van der Waals surface area contributed by atoms with Gasteiger partial charge in [0.15, 0.2) is 0 Å². The number of nitrogens with zero attached hydrogens (tertiary/aromatic N) is 1. The van der Waals surface area contributed by atoms with Gasteiger partial charge in [0, 0.05) is 33.5 Å². The molecule has 0 unspecified atom stereocenters. The predicted molar refractivity (Wildman–Crippen MR) is 107 cm³/mol. The summed E-state index contributed by atoms with van der Waals surface area (Å²) in [5, 5.41) is 4.82. The molecule has 0 aromatic heterocycles. The van der Waals surface area contributed by atoms with Crippen LogP contribution in [-0.2, 0) is 0 Å². The first kappa shape index (κ1) is 16.7. The summed E-state index contributed by atoms with van der Waals surface area (Å²) in [5.41, 5.74) is 2.97. The van der Waals surface area contributed by atoms with Crippen LogP contribution in [0.2, 0.25) is 0 Å². The largest absolute Gasteiger partial charge is 0.321 e. The summed E-state index contributed by atoms with van der Waals surface area (Å²) in [7, 11) is 0. The zero-order valence-electron chi connectivity index (χ0n) is 14.6. The molecule has 5 heteroatoms. The Balaban J connectivity index is 1.79. The Hall–Kier alpha value is -2.79. The number of anilines is 2. The number of benzene rings is 3.